The van der Waals surface area contributed by atoms with Crippen LogP contribution in [-0.2, 0) is 11.2 Å². The third kappa shape index (κ3) is 2.36. The number of halogens is 1. The van der Waals surface area contributed by atoms with E-state index in [0.29, 0.717) is 22.1 Å². The molecular weight excluding hydrogens is 254 g/mol. The first-order valence-corrected chi connectivity index (χ1v) is 5.76. The monoisotopic (exact) mass is 265 g/mol. The van der Waals surface area contributed by atoms with Crippen molar-refractivity contribution in [3.63, 3.8) is 0 Å². The van der Waals surface area contributed by atoms with E-state index in [9.17, 15) is 4.79 Å². The molecule has 2 rings (SSSR count). The fourth-order valence-electron chi connectivity index (χ4n) is 1.68. The van der Waals surface area contributed by atoms with E-state index in [-0.39, 0.29) is 6.42 Å². The second kappa shape index (κ2) is 4.78. The van der Waals surface area contributed by atoms with Crippen LogP contribution in [0.25, 0.3) is 5.69 Å². The molecule has 0 aliphatic rings. The van der Waals surface area contributed by atoms with E-state index in [1.165, 1.54) is 0 Å². The predicted molar refractivity (Wildman–Crippen MR) is 67.2 cm³/mol. The fourth-order valence-corrected chi connectivity index (χ4v) is 1.99. The zero-order chi connectivity index (χ0) is 13.3. The highest BCUT2D eigenvalue weighted by atomic mass is 35.5. The van der Waals surface area contributed by atoms with Gasteiger partial charge >= 0.3 is 5.97 Å². The Morgan fingerprint density at radius 3 is 2.78 bits per heavy atom. The molecule has 0 bridgehead atoms. The van der Waals surface area contributed by atoms with Crippen molar-refractivity contribution in [2.45, 2.75) is 20.3 Å². The number of carboxylic acids is 1. The average molecular weight is 266 g/mol. The van der Waals surface area contributed by atoms with E-state index in [1.807, 2.05) is 25.1 Å². The van der Waals surface area contributed by atoms with Gasteiger partial charge in [-0.05, 0) is 31.5 Å². The maximum atomic E-state index is 10.7. The third-order valence-corrected chi connectivity index (χ3v) is 2.94. The second-order valence-corrected chi connectivity index (χ2v) is 4.47. The summed E-state index contributed by atoms with van der Waals surface area (Å²) in [7, 11) is 0. The van der Waals surface area contributed by atoms with Crippen molar-refractivity contribution < 1.29 is 9.90 Å². The van der Waals surface area contributed by atoms with Crippen LogP contribution >= 0.6 is 11.6 Å². The van der Waals surface area contributed by atoms with Crippen LogP contribution in [-0.4, -0.2) is 26.1 Å². The molecule has 0 radical (unpaired) electrons. The van der Waals surface area contributed by atoms with Gasteiger partial charge in [-0.15, -0.1) is 5.10 Å². The van der Waals surface area contributed by atoms with Crippen LogP contribution in [0.1, 0.15) is 17.0 Å². The molecule has 0 aliphatic carbocycles. The number of rotatable bonds is 3. The van der Waals surface area contributed by atoms with Crippen LogP contribution in [0.3, 0.4) is 0 Å². The van der Waals surface area contributed by atoms with Crippen molar-refractivity contribution in [3.8, 4) is 5.69 Å². The van der Waals surface area contributed by atoms with Gasteiger partial charge in [0.25, 0.3) is 0 Å². The quantitative estimate of drug-likeness (QED) is 0.923. The number of benzene rings is 1. The molecule has 1 N–H and O–H groups in total. The molecule has 0 spiro atoms. The van der Waals surface area contributed by atoms with Crippen molar-refractivity contribution in [1.29, 1.82) is 0 Å². The fraction of sp³-hybridized carbons (Fsp3) is 0.250. The maximum Gasteiger partial charge on any atom is 0.309 e. The van der Waals surface area contributed by atoms with Gasteiger partial charge in [-0.3, -0.25) is 4.79 Å². The number of aliphatic carboxylic acids is 1. The number of hydrogen-bond donors (Lipinski definition) is 1. The maximum absolute atomic E-state index is 10.7. The summed E-state index contributed by atoms with van der Waals surface area (Å²) >= 11 is 6.15. The first-order valence-electron chi connectivity index (χ1n) is 5.38. The molecule has 94 valence electrons. The molecule has 1 heterocycles. The summed E-state index contributed by atoms with van der Waals surface area (Å²) in [5.41, 5.74) is 2.87. The van der Waals surface area contributed by atoms with Gasteiger partial charge in [0.2, 0.25) is 0 Å². The molecule has 0 saturated heterocycles. The smallest absolute Gasteiger partial charge is 0.309 e. The minimum absolute atomic E-state index is 0.144. The number of aryl methyl sites for hydroxylation is 1. The summed E-state index contributed by atoms with van der Waals surface area (Å²) < 4.78 is 1.56. The summed E-state index contributed by atoms with van der Waals surface area (Å²) in [5, 5.41) is 17.1. The Kier molecular flexibility index (Phi) is 3.34. The topological polar surface area (TPSA) is 68.0 Å². The molecule has 2 aromatic rings. The molecular formula is C12H12ClN3O2. The van der Waals surface area contributed by atoms with Crippen molar-refractivity contribution >= 4 is 17.6 Å². The molecule has 5 nitrogen and oxygen atoms in total. The van der Waals surface area contributed by atoms with Gasteiger partial charge in [0, 0.05) is 0 Å². The van der Waals surface area contributed by atoms with Crippen LogP contribution < -0.4 is 0 Å². The van der Waals surface area contributed by atoms with Gasteiger partial charge < -0.3 is 5.11 Å². The van der Waals surface area contributed by atoms with E-state index >= 15 is 0 Å². The minimum atomic E-state index is -0.930. The van der Waals surface area contributed by atoms with Crippen LogP contribution in [0, 0.1) is 13.8 Å². The summed E-state index contributed by atoms with van der Waals surface area (Å²) in [6.45, 7) is 3.72. The van der Waals surface area contributed by atoms with Gasteiger partial charge in [0.05, 0.1) is 28.5 Å². The zero-order valence-corrected chi connectivity index (χ0v) is 10.8. The number of nitrogens with zero attached hydrogens (tertiary/aromatic N) is 3. The summed E-state index contributed by atoms with van der Waals surface area (Å²) in [4.78, 5) is 10.7. The summed E-state index contributed by atoms with van der Waals surface area (Å²) in [6, 6.07) is 5.58. The Morgan fingerprint density at radius 2 is 2.17 bits per heavy atom. The molecule has 0 unspecified atom stereocenters. The molecule has 0 amide bonds. The van der Waals surface area contributed by atoms with Crippen molar-refractivity contribution in [2.75, 3.05) is 0 Å². The molecule has 0 saturated carbocycles. The number of carboxylic acid groups (broad SMARTS) is 1. The van der Waals surface area contributed by atoms with Crippen LogP contribution in [0.2, 0.25) is 5.02 Å². The van der Waals surface area contributed by atoms with Gasteiger partial charge in [-0.1, -0.05) is 22.9 Å². The van der Waals surface area contributed by atoms with Crippen molar-refractivity contribution in [2.24, 2.45) is 0 Å². The SMILES string of the molecule is Cc1ccc(-n2nnc(CC(=O)O)c2C)c(Cl)c1. The lowest BCUT2D eigenvalue weighted by molar-refractivity contribution is -0.136. The molecule has 0 aliphatic heterocycles. The lowest BCUT2D eigenvalue weighted by atomic mass is 10.2. The average Bonchev–Trinajstić information content (AvgIpc) is 2.60. The Morgan fingerprint density at radius 1 is 1.44 bits per heavy atom. The van der Waals surface area contributed by atoms with Gasteiger partial charge in [0.15, 0.2) is 0 Å². The van der Waals surface area contributed by atoms with Crippen LogP contribution in [0.15, 0.2) is 18.2 Å². The molecule has 1 aromatic heterocycles. The van der Waals surface area contributed by atoms with E-state index < -0.39 is 5.97 Å². The Balaban J connectivity index is 2.45. The lowest BCUT2D eigenvalue weighted by Gasteiger charge is -2.06. The Hall–Kier alpha value is -1.88. The van der Waals surface area contributed by atoms with E-state index in [2.05, 4.69) is 10.3 Å². The largest absolute Gasteiger partial charge is 0.481 e. The summed E-state index contributed by atoms with van der Waals surface area (Å²) in [5.74, 6) is -0.930. The number of hydrogen-bond acceptors (Lipinski definition) is 3. The van der Waals surface area contributed by atoms with Gasteiger partial charge in [-0.25, -0.2) is 4.68 Å². The molecule has 0 fully saturated rings. The highest BCUT2D eigenvalue weighted by molar-refractivity contribution is 6.32. The van der Waals surface area contributed by atoms with E-state index in [4.69, 9.17) is 16.7 Å². The van der Waals surface area contributed by atoms with Crippen molar-refractivity contribution in [1.82, 2.24) is 15.0 Å². The van der Waals surface area contributed by atoms with Crippen LogP contribution in [0.5, 0.6) is 0 Å². The van der Waals surface area contributed by atoms with E-state index in [1.54, 1.807) is 11.6 Å². The standard InChI is InChI=1S/C12H12ClN3O2/c1-7-3-4-11(9(13)5-7)16-8(2)10(14-15-16)6-12(17)18/h3-5H,6H2,1-2H3,(H,17,18). The molecule has 6 heteroatoms. The molecule has 0 atom stereocenters. The first-order chi connectivity index (χ1) is 8.49. The van der Waals surface area contributed by atoms with Gasteiger partial charge in [0.1, 0.15) is 0 Å². The molecule has 1 aromatic carbocycles. The van der Waals surface area contributed by atoms with E-state index in [0.717, 1.165) is 5.56 Å². The predicted octanol–water partition coefficient (Wildman–Crippen LogP) is 2.16. The highest BCUT2D eigenvalue weighted by Crippen LogP contribution is 2.22. The first kappa shape index (κ1) is 12.6. The normalized spacial score (nSPS) is 10.6. The Bertz CT molecular complexity index is 607. The minimum Gasteiger partial charge on any atom is -0.481 e. The number of aromatic nitrogens is 3. The summed E-state index contributed by atoms with van der Waals surface area (Å²) in [6.07, 6.45) is -0.144. The third-order valence-electron chi connectivity index (χ3n) is 2.64. The molecule has 18 heavy (non-hydrogen) atoms. The van der Waals surface area contributed by atoms with Gasteiger partial charge in [-0.2, -0.15) is 0 Å². The number of carbonyl (C=O) groups is 1. The lowest BCUT2D eigenvalue weighted by Crippen LogP contribution is -2.04. The highest BCUT2D eigenvalue weighted by Gasteiger charge is 2.14. The van der Waals surface area contributed by atoms with Crippen LogP contribution in [0.4, 0.5) is 0 Å². The second-order valence-electron chi connectivity index (χ2n) is 4.06. The Labute approximate surface area is 109 Å². The van der Waals surface area contributed by atoms with Crippen molar-refractivity contribution in [3.05, 3.63) is 40.2 Å². The zero-order valence-electron chi connectivity index (χ0n) is 10.0.